The fourth-order valence-electron chi connectivity index (χ4n) is 3.20. The number of hydrogen-bond donors (Lipinski definition) is 1. The molecule has 0 saturated carbocycles. The molecular weight excluding hydrogens is 228 g/mol. The minimum Gasteiger partial charge on any atom is -0.311 e. The van der Waals surface area contributed by atoms with Gasteiger partial charge in [0.2, 0.25) is 15.9 Å². The predicted molar refractivity (Wildman–Crippen MR) is 60.3 cm³/mol. The van der Waals surface area contributed by atoms with Gasteiger partial charge in [-0.25, -0.2) is 12.7 Å². The Morgan fingerprint density at radius 2 is 2.12 bits per heavy atom. The van der Waals surface area contributed by atoms with Crippen molar-refractivity contribution in [2.45, 2.75) is 38.3 Å². The minimum absolute atomic E-state index is 0.0188. The van der Waals surface area contributed by atoms with Crippen LogP contribution in [0.25, 0.3) is 0 Å². The Morgan fingerprint density at radius 3 is 2.62 bits per heavy atom. The van der Waals surface area contributed by atoms with Gasteiger partial charge in [-0.15, -0.1) is 0 Å². The van der Waals surface area contributed by atoms with E-state index >= 15 is 0 Å². The van der Waals surface area contributed by atoms with Crippen molar-refractivity contribution in [3.05, 3.63) is 0 Å². The molecule has 2 heterocycles. The zero-order chi connectivity index (χ0) is 12.1. The van der Waals surface area contributed by atoms with E-state index in [9.17, 15) is 13.2 Å². The van der Waals surface area contributed by atoms with Gasteiger partial charge in [-0.2, -0.15) is 0 Å². The van der Waals surface area contributed by atoms with Crippen LogP contribution in [0.4, 0.5) is 0 Å². The van der Waals surface area contributed by atoms with Crippen LogP contribution >= 0.6 is 0 Å². The summed E-state index contributed by atoms with van der Waals surface area (Å²) >= 11 is 0. The second kappa shape index (κ2) is 3.43. The topological polar surface area (TPSA) is 66.5 Å². The van der Waals surface area contributed by atoms with Crippen LogP contribution < -0.4 is 5.32 Å². The number of carbonyl (C=O) groups excluding carboxylic acids is 1. The quantitative estimate of drug-likeness (QED) is 0.741. The molecule has 92 valence electrons. The largest absolute Gasteiger partial charge is 0.311 e. The van der Waals surface area contributed by atoms with Gasteiger partial charge in [0.15, 0.2) is 0 Å². The van der Waals surface area contributed by atoms with Crippen LogP contribution in [0.15, 0.2) is 0 Å². The second-order valence-electron chi connectivity index (χ2n) is 5.03. The molecule has 0 aromatic carbocycles. The molecule has 0 aromatic rings. The molecule has 5 nitrogen and oxygen atoms in total. The van der Waals surface area contributed by atoms with E-state index in [4.69, 9.17) is 0 Å². The summed E-state index contributed by atoms with van der Waals surface area (Å²) in [6, 6.07) is -0.0188. The number of sulfonamides is 1. The van der Waals surface area contributed by atoms with Crippen LogP contribution in [0, 0.1) is 5.92 Å². The van der Waals surface area contributed by atoms with Crippen molar-refractivity contribution in [2.24, 2.45) is 5.92 Å². The van der Waals surface area contributed by atoms with Crippen LogP contribution in [-0.4, -0.2) is 43.0 Å². The zero-order valence-corrected chi connectivity index (χ0v) is 10.7. The first-order chi connectivity index (χ1) is 7.30. The lowest BCUT2D eigenvalue weighted by Crippen LogP contribution is -2.55. The van der Waals surface area contributed by atoms with Gasteiger partial charge < -0.3 is 5.32 Å². The van der Waals surface area contributed by atoms with Gasteiger partial charge in [-0.1, -0.05) is 13.8 Å². The second-order valence-corrected chi connectivity index (χ2v) is 6.86. The summed E-state index contributed by atoms with van der Waals surface area (Å²) < 4.78 is 24.7. The van der Waals surface area contributed by atoms with Crippen molar-refractivity contribution in [2.75, 3.05) is 12.8 Å². The number of nitrogens with zero attached hydrogens (tertiary/aromatic N) is 1. The number of rotatable bonds is 2. The van der Waals surface area contributed by atoms with Gasteiger partial charge in [0.25, 0.3) is 0 Å². The van der Waals surface area contributed by atoms with Crippen molar-refractivity contribution in [1.29, 1.82) is 0 Å². The van der Waals surface area contributed by atoms with Crippen LogP contribution in [-0.2, 0) is 14.8 Å². The lowest BCUT2D eigenvalue weighted by molar-refractivity contribution is -0.126. The van der Waals surface area contributed by atoms with Gasteiger partial charge in [-0.05, 0) is 18.9 Å². The summed E-state index contributed by atoms with van der Waals surface area (Å²) in [6.45, 7) is 4.75. The number of nitrogens with one attached hydrogen (secondary N) is 1. The van der Waals surface area contributed by atoms with Crippen LogP contribution in [0.2, 0.25) is 0 Å². The van der Waals surface area contributed by atoms with Gasteiger partial charge in [0.05, 0.1) is 11.8 Å². The third-order valence-corrected chi connectivity index (χ3v) is 5.04. The van der Waals surface area contributed by atoms with Crippen molar-refractivity contribution in [1.82, 2.24) is 9.62 Å². The molecule has 2 rings (SSSR count). The monoisotopic (exact) mass is 246 g/mol. The number of amides is 1. The lowest BCUT2D eigenvalue weighted by Gasteiger charge is -2.39. The Balaban J connectivity index is 2.53. The molecule has 2 unspecified atom stereocenters. The summed E-state index contributed by atoms with van der Waals surface area (Å²) in [5.41, 5.74) is -0.537. The molecule has 16 heavy (non-hydrogen) atoms. The molecule has 0 aliphatic carbocycles. The maximum absolute atomic E-state index is 11.9. The zero-order valence-electron chi connectivity index (χ0n) is 9.86. The Morgan fingerprint density at radius 1 is 1.50 bits per heavy atom. The third kappa shape index (κ3) is 1.39. The van der Waals surface area contributed by atoms with Crippen LogP contribution in [0.5, 0.6) is 0 Å². The Kier molecular flexibility index (Phi) is 2.54. The fourth-order valence-corrected chi connectivity index (χ4v) is 4.69. The van der Waals surface area contributed by atoms with E-state index in [-0.39, 0.29) is 17.9 Å². The van der Waals surface area contributed by atoms with Gasteiger partial charge >= 0.3 is 0 Å². The predicted octanol–water partition coefficient (Wildman–Crippen LogP) is -0.0650. The Hall–Kier alpha value is -0.620. The van der Waals surface area contributed by atoms with E-state index in [1.54, 1.807) is 0 Å². The molecule has 1 N–H and O–H groups in total. The molecular formula is C10H18N2O3S. The molecule has 2 atom stereocenters. The third-order valence-electron chi connectivity index (χ3n) is 3.83. The molecule has 2 fully saturated rings. The highest BCUT2D eigenvalue weighted by atomic mass is 32.2. The first kappa shape index (κ1) is 11.9. The number of hydrogen-bond acceptors (Lipinski definition) is 4. The van der Waals surface area contributed by atoms with Crippen molar-refractivity contribution in [3.8, 4) is 0 Å². The molecule has 0 spiro atoms. The van der Waals surface area contributed by atoms with E-state index in [0.29, 0.717) is 12.8 Å². The molecule has 2 aliphatic rings. The standard InChI is InChI=1S/C10H18N2O3S/c1-7(2)10-4-5-11-8(10)6-9(13)12(10)16(3,14)15/h7-8,11H,4-6H2,1-3H3. The normalized spacial score (nSPS) is 34.9. The first-order valence-electron chi connectivity index (χ1n) is 5.57. The van der Waals surface area contributed by atoms with Gasteiger partial charge in [0, 0.05) is 12.5 Å². The van der Waals surface area contributed by atoms with Crippen molar-refractivity contribution < 1.29 is 13.2 Å². The molecule has 1 amide bonds. The average Bonchev–Trinajstić information content (AvgIpc) is 2.56. The first-order valence-corrected chi connectivity index (χ1v) is 7.41. The SMILES string of the molecule is CC(C)C12CCNC1CC(=O)N2S(C)(=O)=O. The summed E-state index contributed by atoms with van der Waals surface area (Å²) in [4.78, 5) is 11.9. The van der Waals surface area contributed by atoms with Crippen molar-refractivity contribution in [3.63, 3.8) is 0 Å². The molecule has 0 radical (unpaired) electrons. The van der Waals surface area contributed by atoms with Crippen molar-refractivity contribution >= 4 is 15.9 Å². The van der Waals surface area contributed by atoms with Crippen LogP contribution in [0.3, 0.4) is 0 Å². The molecule has 2 aliphatic heterocycles. The highest BCUT2D eigenvalue weighted by Crippen LogP contribution is 2.44. The highest BCUT2D eigenvalue weighted by Gasteiger charge is 2.60. The Bertz CT molecular complexity index is 418. The molecule has 0 bridgehead atoms. The summed E-state index contributed by atoms with van der Waals surface area (Å²) in [6.07, 6.45) is 2.13. The molecule has 6 heteroatoms. The smallest absolute Gasteiger partial charge is 0.238 e. The average molecular weight is 246 g/mol. The maximum atomic E-state index is 11.9. The van der Waals surface area contributed by atoms with Gasteiger partial charge in [0.1, 0.15) is 0 Å². The van der Waals surface area contributed by atoms with E-state index in [1.807, 2.05) is 13.8 Å². The number of carbonyl (C=O) groups is 1. The van der Waals surface area contributed by atoms with Gasteiger partial charge in [-0.3, -0.25) is 4.79 Å². The van der Waals surface area contributed by atoms with E-state index in [2.05, 4.69) is 5.32 Å². The highest BCUT2D eigenvalue weighted by molar-refractivity contribution is 7.89. The molecule has 2 saturated heterocycles. The maximum Gasteiger partial charge on any atom is 0.238 e. The molecule has 0 aromatic heterocycles. The minimum atomic E-state index is -3.47. The van der Waals surface area contributed by atoms with E-state index in [0.717, 1.165) is 17.1 Å². The van der Waals surface area contributed by atoms with E-state index < -0.39 is 15.6 Å². The fraction of sp³-hybridized carbons (Fsp3) is 0.900. The summed E-state index contributed by atoms with van der Waals surface area (Å²) in [5.74, 6) is -0.137. The van der Waals surface area contributed by atoms with E-state index in [1.165, 1.54) is 0 Å². The summed E-state index contributed by atoms with van der Waals surface area (Å²) in [7, 11) is -3.47. The lowest BCUT2D eigenvalue weighted by atomic mass is 9.81. The number of fused-ring (bicyclic) bond motifs is 1. The Labute approximate surface area is 96.2 Å². The van der Waals surface area contributed by atoms with Crippen LogP contribution in [0.1, 0.15) is 26.7 Å². The summed E-state index contributed by atoms with van der Waals surface area (Å²) in [5, 5.41) is 3.25.